The fourth-order valence-electron chi connectivity index (χ4n) is 1.31. The van der Waals surface area contributed by atoms with E-state index < -0.39 is 30.2 Å². The third-order valence-electron chi connectivity index (χ3n) is 2.18. The average molecular weight is 441 g/mol. The second-order valence-corrected chi connectivity index (χ2v) is 5.74. The highest BCUT2D eigenvalue weighted by Gasteiger charge is 2.23. The number of benzene rings is 1. The number of hydrogen-bond donors (Lipinski definition) is 3. The number of primary amides is 1. The van der Waals surface area contributed by atoms with Crippen LogP contribution < -0.4 is 11.1 Å². The molecule has 1 aromatic carbocycles. The molecule has 0 aliphatic carbocycles. The van der Waals surface area contributed by atoms with Gasteiger partial charge < -0.3 is 16.2 Å². The van der Waals surface area contributed by atoms with E-state index in [2.05, 4.69) is 21.2 Å². The molecule has 0 aromatic heterocycles. The molecule has 1 rings (SSSR count). The molecule has 1 atom stereocenters. The number of nitrogens with two attached hydrogens (primary N) is 1. The van der Waals surface area contributed by atoms with Gasteiger partial charge in [-0.2, -0.15) is 0 Å². The highest BCUT2D eigenvalue weighted by atomic mass is 127. The van der Waals surface area contributed by atoms with Gasteiger partial charge in [-0.1, -0.05) is 15.9 Å². The zero-order valence-corrected chi connectivity index (χ0v) is 13.3. The minimum atomic E-state index is -1.33. The van der Waals surface area contributed by atoms with E-state index >= 15 is 0 Å². The number of carboxylic acid groups (broad SMARTS) is 1. The highest BCUT2D eigenvalue weighted by Crippen LogP contribution is 2.18. The maximum absolute atomic E-state index is 12.0. The van der Waals surface area contributed by atoms with Crippen LogP contribution in [-0.2, 0) is 9.59 Å². The molecule has 102 valence electrons. The number of hydrogen-bond acceptors (Lipinski definition) is 3. The predicted molar refractivity (Wildman–Crippen MR) is 79.6 cm³/mol. The molecule has 0 saturated carbocycles. The summed E-state index contributed by atoms with van der Waals surface area (Å²) in [6, 6.07) is 3.71. The van der Waals surface area contributed by atoms with Crippen molar-refractivity contribution < 1.29 is 19.5 Å². The Morgan fingerprint density at radius 3 is 2.58 bits per heavy atom. The van der Waals surface area contributed by atoms with E-state index in [1.165, 1.54) is 0 Å². The van der Waals surface area contributed by atoms with Gasteiger partial charge in [-0.25, -0.2) is 4.79 Å². The SMILES string of the molecule is NC(=O)C[C@@H](NC(=O)c1cc(Br)ccc1I)C(=O)O. The molecule has 0 bridgehead atoms. The van der Waals surface area contributed by atoms with Crippen molar-refractivity contribution in [3.8, 4) is 0 Å². The van der Waals surface area contributed by atoms with E-state index in [0.29, 0.717) is 13.6 Å². The lowest BCUT2D eigenvalue weighted by Crippen LogP contribution is -2.43. The molecule has 8 heteroatoms. The molecule has 2 amide bonds. The molecule has 0 aliphatic heterocycles. The Kier molecular flexibility index (Phi) is 5.73. The lowest BCUT2D eigenvalue weighted by atomic mass is 10.1. The number of carboxylic acids is 1. The first-order valence-corrected chi connectivity index (χ1v) is 6.95. The summed E-state index contributed by atoms with van der Waals surface area (Å²) in [7, 11) is 0. The van der Waals surface area contributed by atoms with Crippen LogP contribution in [0.15, 0.2) is 22.7 Å². The molecule has 0 radical (unpaired) electrons. The Morgan fingerprint density at radius 1 is 1.42 bits per heavy atom. The van der Waals surface area contributed by atoms with E-state index in [9.17, 15) is 14.4 Å². The van der Waals surface area contributed by atoms with Crippen LogP contribution in [0.25, 0.3) is 0 Å². The minimum Gasteiger partial charge on any atom is -0.480 e. The van der Waals surface area contributed by atoms with E-state index in [4.69, 9.17) is 10.8 Å². The van der Waals surface area contributed by atoms with Gasteiger partial charge in [0.15, 0.2) is 0 Å². The van der Waals surface area contributed by atoms with Gasteiger partial charge in [-0.05, 0) is 40.8 Å². The number of aliphatic carboxylic acids is 1. The summed E-state index contributed by atoms with van der Waals surface area (Å²) < 4.78 is 1.36. The van der Waals surface area contributed by atoms with Crippen molar-refractivity contribution in [1.82, 2.24) is 5.32 Å². The number of carbonyl (C=O) groups is 3. The Labute approximate surface area is 131 Å². The van der Waals surface area contributed by atoms with Gasteiger partial charge in [0, 0.05) is 8.04 Å². The standard InChI is InChI=1S/C11H10BrIN2O4/c12-5-1-2-7(13)6(3-5)10(17)15-8(11(18)19)4-9(14)16/h1-3,8H,4H2,(H2,14,16)(H,15,17)(H,18,19)/t8-/m1/s1. The predicted octanol–water partition coefficient (Wildman–Crippen LogP) is 1.11. The summed E-state index contributed by atoms with van der Waals surface area (Å²) >= 11 is 5.19. The molecule has 0 heterocycles. The fraction of sp³-hybridized carbons (Fsp3) is 0.182. The van der Waals surface area contributed by atoms with Gasteiger partial charge in [0.1, 0.15) is 6.04 Å². The van der Waals surface area contributed by atoms with Crippen LogP contribution in [-0.4, -0.2) is 28.9 Å². The summed E-state index contributed by atoms with van der Waals surface area (Å²) in [6.07, 6.45) is -0.453. The first-order chi connectivity index (χ1) is 8.81. The van der Waals surface area contributed by atoms with Crippen LogP contribution in [0.4, 0.5) is 0 Å². The van der Waals surface area contributed by atoms with Crippen molar-refractivity contribution in [3.05, 3.63) is 31.8 Å². The van der Waals surface area contributed by atoms with Gasteiger partial charge in [-0.3, -0.25) is 9.59 Å². The third kappa shape index (κ3) is 4.78. The first-order valence-electron chi connectivity index (χ1n) is 5.08. The Balaban J connectivity index is 2.90. The summed E-state index contributed by atoms with van der Waals surface area (Å²) in [5.74, 6) is -2.67. The lowest BCUT2D eigenvalue weighted by Gasteiger charge is -2.13. The van der Waals surface area contributed by atoms with Crippen LogP contribution in [0.2, 0.25) is 0 Å². The van der Waals surface area contributed by atoms with Gasteiger partial charge >= 0.3 is 5.97 Å². The lowest BCUT2D eigenvalue weighted by molar-refractivity contribution is -0.140. The second kappa shape index (κ2) is 6.85. The molecule has 6 nitrogen and oxygen atoms in total. The van der Waals surface area contributed by atoms with Crippen molar-refractivity contribution in [3.63, 3.8) is 0 Å². The molecule has 0 saturated heterocycles. The van der Waals surface area contributed by atoms with Crippen LogP contribution in [0.3, 0.4) is 0 Å². The van der Waals surface area contributed by atoms with Crippen LogP contribution >= 0.6 is 38.5 Å². The summed E-state index contributed by atoms with van der Waals surface area (Å²) in [4.78, 5) is 33.6. The molecule has 0 unspecified atom stereocenters. The zero-order valence-electron chi connectivity index (χ0n) is 9.52. The summed E-state index contributed by atoms with van der Waals surface area (Å²) in [6.45, 7) is 0. The van der Waals surface area contributed by atoms with E-state index in [1.54, 1.807) is 18.2 Å². The number of nitrogens with one attached hydrogen (secondary N) is 1. The van der Waals surface area contributed by atoms with E-state index in [0.717, 1.165) is 0 Å². The van der Waals surface area contributed by atoms with Gasteiger partial charge in [0.2, 0.25) is 5.91 Å². The van der Waals surface area contributed by atoms with Crippen molar-refractivity contribution in [1.29, 1.82) is 0 Å². The van der Waals surface area contributed by atoms with Gasteiger partial charge in [-0.15, -0.1) is 0 Å². The Morgan fingerprint density at radius 2 is 2.05 bits per heavy atom. The van der Waals surface area contributed by atoms with E-state index in [-0.39, 0.29) is 0 Å². The summed E-state index contributed by atoms with van der Waals surface area (Å²) in [5, 5.41) is 11.2. The largest absolute Gasteiger partial charge is 0.480 e. The normalized spacial score (nSPS) is 11.7. The minimum absolute atomic E-state index is 0.325. The Bertz CT molecular complexity index is 535. The average Bonchev–Trinajstić information content (AvgIpc) is 2.30. The zero-order chi connectivity index (χ0) is 14.6. The molecule has 0 spiro atoms. The monoisotopic (exact) mass is 440 g/mol. The smallest absolute Gasteiger partial charge is 0.326 e. The molecular formula is C11H10BrIN2O4. The third-order valence-corrected chi connectivity index (χ3v) is 3.62. The van der Waals surface area contributed by atoms with Crippen molar-refractivity contribution in [2.45, 2.75) is 12.5 Å². The number of carbonyl (C=O) groups excluding carboxylic acids is 2. The maximum Gasteiger partial charge on any atom is 0.326 e. The van der Waals surface area contributed by atoms with Crippen molar-refractivity contribution in [2.75, 3.05) is 0 Å². The Hall–Kier alpha value is -1.16. The molecule has 1 aromatic rings. The quantitative estimate of drug-likeness (QED) is 0.596. The van der Waals surface area contributed by atoms with Crippen LogP contribution in [0, 0.1) is 3.57 Å². The molecular weight excluding hydrogens is 431 g/mol. The van der Waals surface area contributed by atoms with Crippen LogP contribution in [0.1, 0.15) is 16.8 Å². The number of amides is 2. The van der Waals surface area contributed by atoms with Crippen LogP contribution in [0.5, 0.6) is 0 Å². The molecule has 0 aliphatic rings. The molecule has 4 N–H and O–H groups in total. The molecule has 0 fully saturated rings. The molecule has 19 heavy (non-hydrogen) atoms. The van der Waals surface area contributed by atoms with Gasteiger partial charge in [0.25, 0.3) is 5.91 Å². The fourth-order valence-corrected chi connectivity index (χ4v) is 2.25. The topological polar surface area (TPSA) is 109 Å². The number of rotatable bonds is 5. The van der Waals surface area contributed by atoms with Crippen molar-refractivity contribution >= 4 is 56.3 Å². The van der Waals surface area contributed by atoms with Gasteiger partial charge in [0.05, 0.1) is 12.0 Å². The maximum atomic E-state index is 12.0. The second-order valence-electron chi connectivity index (χ2n) is 3.66. The summed E-state index contributed by atoms with van der Waals surface area (Å²) in [5.41, 5.74) is 5.26. The first kappa shape index (κ1) is 15.9. The highest BCUT2D eigenvalue weighted by molar-refractivity contribution is 14.1. The van der Waals surface area contributed by atoms with E-state index in [1.807, 2.05) is 22.6 Å². The number of halogens is 2. The van der Waals surface area contributed by atoms with Crippen molar-refractivity contribution in [2.24, 2.45) is 5.73 Å².